The highest BCUT2D eigenvalue weighted by Crippen LogP contribution is 2.31. The van der Waals surface area contributed by atoms with Gasteiger partial charge in [0.05, 0.1) is 11.3 Å². The summed E-state index contributed by atoms with van der Waals surface area (Å²) in [6.07, 6.45) is -0.532. The highest BCUT2D eigenvalue weighted by Gasteiger charge is 2.22. The number of rotatable bonds is 6. The summed E-state index contributed by atoms with van der Waals surface area (Å²) in [7, 11) is 0. The zero-order valence-corrected chi connectivity index (χ0v) is 17.7. The van der Waals surface area contributed by atoms with Gasteiger partial charge in [0.2, 0.25) is 0 Å². The minimum atomic E-state index is -1.92. The third kappa shape index (κ3) is 5.12. The Hall–Kier alpha value is -3.92. The fourth-order valence-corrected chi connectivity index (χ4v) is 3.24. The molecule has 0 aliphatic heterocycles. The SMILES string of the molecule is CCNC(=O)c1cc(-c2ccc(NC(=O)C(O)c3cc(F)cc(F)c3)c(F)c2C)cnc1N. The molecule has 0 saturated carbocycles. The molecule has 2 amide bonds. The Morgan fingerprint density at radius 1 is 1.12 bits per heavy atom. The van der Waals surface area contributed by atoms with Crippen molar-refractivity contribution in [2.75, 3.05) is 17.6 Å². The van der Waals surface area contributed by atoms with Crippen LogP contribution < -0.4 is 16.4 Å². The summed E-state index contributed by atoms with van der Waals surface area (Å²) in [5.74, 6) is -4.20. The van der Waals surface area contributed by atoms with Crippen LogP contribution in [0.1, 0.15) is 34.5 Å². The lowest BCUT2D eigenvalue weighted by molar-refractivity contribution is -0.124. The van der Waals surface area contributed by atoms with Crippen LogP contribution in [0.25, 0.3) is 11.1 Å². The molecule has 0 aliphatic rings. The van der Waals surface area contributed by atoms with Gasteiger partial charge >= 0.3 is 0 Å². The number of nitrogens with one attached hydrogen (secondary N) is 2. The van der Waals surface area contributed by atoms with Crippen molar-refractivity contribution in [1.29, 1.82) is 0 Å². The van der Waals surface area contributed by atoms with Crippen LogP contribution in [0.2, 0.25) is 0 Å². The van der Waals surface area contributed by atoms with Gasteiger partial charge in [0.15, 0.2) is 6.10 Å². The van der Waals surface area contributed by atoms with Crippen LogP contribution in [-0.2, 0) is 4.79 Å². The first kappa shape index (κ1) is 23.7. The lowest BCUT2D eigenvalue weighted by atomic mass is 9.99. The molecule has 2 aromatic carbocycles. The standard InChI is InChI=1S/C23H21F3N4O3/c1-3-28-22(32)17-8-13(10-29-21(17)27)16-4-5-18(19(26)11(16)2)30-23(33)20(31)12-6-14(24)9-15(25)7-12/h4-10,20,31H,3H2,1-2H3,(H2,27,29)(H,28,32)(H,30,33). The van der Waals surface area contributed by atoms with E-state index in [1.807, 2.05) is 0 Å². The van der Waals surface area contributed by atoms with Gasteiger partial charge in [-0.3, -0.25) is 9.59 Å². The molecule has 0 radical (unpaired) electrons. The Bertz CT molecular complexity index is 1210. The fraction of sp³-hybridized carbons (Fsp3) is 0.174. The van der Waals surface area contributed by atoms with Crippen molar-refractivity contribution >= 4 is 23.3 Å². The largest absolute Gasteiger partial charge is 0.383 e. The van der Waals surface area contributed by atoms with Crippen LogP contribution in [-0.4, -0.2) is 28.4 Å². The molecule has 0 spiro atoms. The Morgan fingerprint density at radius 2 is 1.79 bits per heavy atom. The number of benzene rings is 2. The summed E-state index contributed by atoms with van der Waals surface area (Å²) in [5, 5.41) is 15.0. The third-order valence-corrected chi connectivity index (χ3v) is 4.90. The van der Waals surface area contributed by atoms with Crippen LogP contribution >= 0.6 is 0 Å². The maximum atomic E-state index is 15.0. The average molecular weight is 458 g/mol. The van der Waals surface area contributed by atoms with E-state index in [2.05, 4.69) is 15.6 Å². The molecule has 5 N–H and O–H groups in total. The van der Waals surface area contributed by atoms with Crippen molar-refractivity contribution in [2.45, 2.75) is 20.0 Å². The second kappa shape index (κ2) is 9.70. The highest BCUT2D eigenvalue weighted by molar-refractivity contribution is 5.99. The van der Waals surface area contributed by atoms with Gasteiger partial charge in [-0.2, -0.15) is 0 Å². The molecule has 33 heavy (non-hydrogen) atoms. The second-order valence-electron chi connectivity index (χ2n) is 7.21. The van der Waals surface area contributed by atoms with Crippen molar-refractivity contribution < 1.29 is 27.9 Å². The minimum Gasteiger partial charge on any atom is -0.383 e. The molecular formula is C23H21F3N4O3. The maximum Gasteiger partial charge on any atom is 0.257 e. The number of pyridine rings is 1. The fourth-order valence-electron chi connectivity index (χ4n) is 3.24. The molecule has 0 fully saturated rings. The van der Waals surface area contributed by atoms with E-state index < -0.39 is 35.4 Å². The van der Waals surface area contributed by atoms with Gasteiger partial charge in [0, 0.05) is 24.4 Å². The molecule has 1 heterocycles. The van der Waals surface area contributed by atoms with E-state index in [1.54, 1.807) is 6.92 Å². The van der Waals surface area contributed by atoms with Crippen molar-refractivity contribution in [3.05, 3.63) is 76.7 Å². The molecule has 1 aromatic heterocycles. The van der Waals surface area contributed by atoms with E-state index in [0.717, 1.165) is 12.1 Å². The predicted octanol–water partition coefficient (Wildman–Crippen LogP) is 3.48. The van der Waals surface area contributed by atoms with Crippen LogP contribution in [0.4, 0.5) is 24.7 Å². The quantitative estimate of drug-likeness (QED) is 0.451. The maximum absolute atomic E-state index is 15.0. The monoisotopic (exact) mass is 458 g/mol. The number of nitrogen functional groups attached to an aromatic ring is 1. The zero-order chi connectivity index (χ0) is 24.3. The first-order chi connectivity index (χ1) is 15.6. The molecule has 1 atom stereocenters. The van der Waals surface area contributed by atoms with Gasteiger partial charge < -0.3 is 21.5 Å². The van der Waals surface area contributed by atoms with Crippen molar-refractivity contribution in [3.63, 3.8) is 0 Å². The number of hydrogen-bond acceptors (Lipinski definition) is 5. The molecule has 172 valence electrons. The number of carbonyl (C=O) groups excluding carboxylic acids is 2. The number of aliphatic hydroxyl groups is 1. The number of aromatic nitrogens is 1. The van der Waals surface area contributed by atoms with Crippen LogP contribution in [0, 0.1) is 24.4 Å². The Balaban J connectivity index is 1.88. The molecule has 1 unspecified atom stereocenters. The molecule has 3 aromatic rings. The van der Waals surface area contributed by atoms with Crippen LogP contribution in [0.15, 0.2) is 42.6 Å². The van der Waals surface area contributed by atoms with Crippen molar-refractivity contribution in [3.8, 4) is 11.1 Å². The van der Waals surface area contributed by atoms with E-state index in [-0.39, 0.29) is 28.2 Å². The second-order valence-corrected chi connectivity index (χ2v) is 7.21. The summed E-state index contributed by atoms with van der Waals surface area (Å²) >= 11 is 0. The molecule has 0 aliphatic carbocycles. The lowest BCUT2D eigenvalue weighted by Crippen LogP contribution is -2.24. The zero-order valence-electron chi connectivity index (χ0n) is 17.7. The molecule has 7 nitrogen and oxygen atoms in total. The van der Waals surface area contributed by atoms with Crippen LogP contribution in [0.3, 0.4) is 0 Å². The first-order valence-corrected chi connectivity index (χ1v) is 9.90. The average Bonchev–Trinajstić information content (AvgIpc) is 2.76. The number of anilines is 2. The topological polar surface area (TPSA) is 117 Å². The van der Waals surface area contributed by atoms with E-state index in [9.17, 15) is 23.5 Å². The van der Waals surface area contributed by atoms with E-state index >= 15 is 4.39 Å². The van der Waals surface area contributed by atoms with Gasteiger partial charge in [-0.25, -0.2) is 18.2 Å². The smallest absolute Gasteiger partial charge is 0.257 e. The normalized spacial score (nSPS) is 11.7. The molecule has 3 rings (SSSR count). The number of amides is 2. The highest BCUT2D eigenvalue weighted by atomic mass is 19.1. The van der Waals surface area contributed by atoms with E-state index in [0.29, 0.717) is 23.7 Å². The molecule has 10 heteroatoms. The summed E-state index contributed by atoms with van der Waals surface area (Å²) in [4.78, 5) is 28.5. The number of halogens is 3. The van der Waals surface area contributed by atoms with Crippen molar-refractivity contribution in [1.82, 2.24) is 10.3 Å². The third-order valence-electron chi connectivity index (χ3n) is 4.90. The van der Waals surface area contributed by atoms with Gasteiger partial charge in [0.1, 0.15) is 23.3 Å². The Kier molecular flexibility index (Phi) is 6.98. The predicted molar refractivity (Wildman–Crippen MR) is 117 cm³/mol. The first-order valence-electron chi connectivity index (χ1n) is 9.90. The summed E-state index contributed by atoms with van der Waals surface area (Å²) in [6, 6.07) is 6.44. The molecule has 0 saturated heterocycles. The number of carbonyl (C=O) groups is 2. The van der Waals surface area contributed by atoms with Gasteiger partial charge in [-0.1, -0.05) is 6.07 Å². The van der Waals surface area contributed by atoms with Crippen LogP contribution in [0.5, 0.6) is 0 Å². The Labute approximate surface area is 187 Å². The van der Waals surface area contributed by atoms with Crippen molar-refractivity contribution in [2.24, 2.45) is 0 Å². The minimum absolute atomic E-state index is 0.0227. The summed E-state index contributed by atoms with van der Waals surface area (Å²) in [6.45, 7) is 3.60. The van der Waals surface area contributed by atoms with Gasteiger partial charge in [-0.05, 0) is 54.8 Å². The molecular weight excluding hydrogens is 437 g/mol. The number of aliphatic hydroxyl groups excluding tert-OH is 1. The number of hydrogen-bond donors (Lipinski definition) is 4. The van der Waals surface area contributed by atoms with E-state index in [4.69, 9.17) is 5.73 Å². The van der Waals surface area contributed by atoms with Gasteiger partial charge in [-0.15, -0.1) is 0 Å². The summed E-state index contributed by atoms with van der Waals surface area (Å²) in [5.41, 5.74) is 6.31. The lowest BCUT2D eigenvalue weighted by Gasteiger charge is -2.15. The summed E-state index contributed by atoms with van der Waals surface area (Å²) < 4.78 is 41.8. The van der Waals surface area contributed by atoms with E-state index in [1.165, 1.54) is 31.3 Å². The molecule has 0 bridgehead atoms. The number of nitrogens with two attached hydrogens (primary N) is 1. The Morgan fingerprint density at radius 3 is 2.42 bits per heavy atom. The van der Waals surface area contributed by atoms with Gasteiger partial charge in [0.25, 0.3) is 11.8 Å². The number of nitrogens with zero attached hydrogens (tertiary/aromatic N) is 1.